The van der Waals surface area contributed by atoms with E-state index in [1.807, 2.05) is 50.2 Å². The first kappa shape index (κ1) is 18.4. The van der Waals surface area contributed by atoms with Crippen molar-refractivity contribution in [1.82, 2.24) is 4.90 Å². The van der Waals surface area contributed by atoms with Crippen LogP contribution in [0.3, 0.4) is 0 Å². The molecule has 0 atom stereocenters. The lowest BCUT2D eigenvalue weighted by Gasteiger charge is -2.31. The molecule has 0 saturated carbocycles. The molecule has 3 rings (SSSR count). The number of nitrogens with zero attached hydrogens (tertiary/aromatic N) is 1. The molecule has 1 heterocycles. The predicted octanol–water partition coefficient (Wildman–Crippen LogP) is 5.01. The molecule has 0 bridgehead atoms. The maximum atomic E-state index is 13.3. The number of amides is 1. The van der Waals surface area contributed by atoms with Gasteiger partial charge < -0.3 is 9.64 Å². The van der Waals surface area contributed by atoms with E-state index in [0.29, 0.717) is 5.56 Å². The minimum absolute atomic E-state index is 0.0641. The zero-order chi connectivity index (χ0) is 18.7. The number of halogens is 2. The number of para-hydroxylation sites is 1. The van der Waals surface area contributed by atoms with Crippen LogP contribution in [0.25, 0.3) is 11.1 Å². The number of benzene rings is 2. The zero-order valence-corrected chi connectivity index (χ0v) is 15.0. The van der Waals surface area contributed by atoms with E-state index in [2.05, 4.69) is 0 Å². The highest BCUT2D eigenvalue weighted by atomic mass is 19.3. The number of carbonyl (C=O) groups is 1. The van der Waals surface area contributed by atoms with E-state index in [1.165, 1.54) is 4.90 Å². The van der Waals surface area contributed by atoms with Crippen molar-refractivity contribution in [2.75, 3.05) is 13.1 Å². The Morgan fingerprint density at radius 3 is 2.27 bits per heavy atom. The van der Waals surface area contributed by atoms with Crippen molar-refractivity contribution in [3.8, 4) is 16.9 Å². The lowest BCUT2D eigenvalue weighted by atomic mass is 10.0. The second kappa shape index (κ2) is 7.44. The molecule has 5 heteroatoms. The maximum Gasteiger partial charge on any atom is 0.253 e. The summed E-state index contributed by atoms with van der Waals surface area (Å²) in [7, 11) is 0. The van der Waals surface area contributed by atoms with Gasteiger partial charge in [0.05, 0.1) is 6.10 Å². The van der Waals surface area contributed by atoms with Crippen LogP contribution in [0.15, 0.2) is 48.5 Å². The van der Waals surface area contributed by atoms with Gasteiger partial charge in [0, 0.05) is 37.1 Å². The number of carbonyl (C=O) groups excluding carboxylic acids is 1. The van der Waals surface area contributed by atoms with Gasteiger partial charge in [0.1, 0.15) is 5.75 Å². The van der Waals surface area contributed by atoms with E-state index in [4.69, 9.17) is 4.74 Å². The van der Waals surface area contributed by atoms with Crippen LogP contribution in [0.5, 0.6) is 5.75 Å². The van der Waals surface area contributed by atoms with Crippen molar-refractivity contribution in [2.45, 2.75) is 38.7 Å². The molecular formula is C21H23F2NO2. The Hall–Kier alpha value is -2.43. The van der Waals surface area contributed by atoms with Crippen LogP contribution in [0, 0.1) is 0 Å². The van der Waals surface area contributed by atoms with Gasteiger partial charge in [-0.2, -0.15) is 0 Å². The second-order valence-electron chi connectivity index (χ2n) is 6.89. The van der Waals surface area contributed by atoms with E-state index in [-0.39, 0.29) is 37.9 Å². The van der Waals surface area contributed by atoms with Gasteiger partial charge in [-0.25, -0.2) is 8.78 Å². The Labute approximate surface area is 152 Å². The summed E-state index contributed by atoms with van der Waals surface area (Å²) < 4.78 is 32.4. The number of alkyl halides is 2. The summed E-state index contributed by atoms with van der Waals surface area (Å²) in [4.78, 5) is 14.0. The van der Waals surface area contributed by atoms with Crippen LogP contribution in [0.2, 0.25) is 0 Å². The predicted molar refractivity (Wildman–Crippen MR) is 97.7 cm³/mol. The number of ether oxygens (including phenoxy) is 1. The van der Waals surface area contributed by atoms with Gasteiger partial charge >= 0.3 is 0 Å². The minimum Gasteiger partial charge on any atom is -0.490 e. The van der Waals surface area contributed by atoms with Crippen molar-refractivity contribution in [2.24, 2.45) is 0 Å². The van der Waals surface area contributed by atoms with Crippen LogP contribution in [-0.4, -0.2) is 35.9 Å². The Bertz CT molecular complexity index is 762. The summed E-state index contributed by atoms with van der Waals surface area (Å²) in [5.74, 6) is -2.06. The first-order valence-electron chi connectivity index (χ1n) is 8.89. The maximum absolute atomic E-state index is 13.3. The summed E-state index contributed by atoms with van der Waals surface area (Å²) in [5.41, 5.74) is 2.42. The average Bonchev–Trinajstić information content (AvgIpc) is 2.61. The van der Waals surface area contributed by atoms with Crippen molar-refractivity contribution in [1.29, 1.82) is 0 Å². The number of hydrogen-bond donors (Lipinski definition) is 0. The van der Waals surface area contributed by atoms with Crippen LogP contribution in [0.4, 0.5) is 8.78 Å². The molecule has 1 aliphatic rings. The molecule has 1 saturated heterocycles. The fraction of sp³-hybridized carbons (Fsp3) is 0.381. The van der Waals surface area contributed by atoms with Crippen molar-refractivity contribution in [3.63, 3.8) is 0 Å². The van der Waals surface area contributed by atoms with Gasteiger partial charge in [0.15, 0.2) is 0 Å². The molecule has 0 aliphatic carbocycles. The summed E-state index contributed by atoms with van der Waals surface area (Å²) in [6.45, 7) is 4.14. The zero-order valence-electron chi connectivity index (χ0n) is 15.0. The SMILES string of the molecule is CC(C)Oc1ccccc1-c1ccc(C(=O)N2CCC(F)(F)CC2)cc1. The fourth-order valence-electron chi connectivity index (χ4n) is 3.07. The monoisotopic (exact) mass is 359 g/mol. The summed E-state index contributed by atoms with van der Waals surface area (Å²) in [5, 5.41) is 0. The third kappa shape index (κ3) is 4.21. The molecule has 0 N–H and O–H groups in total. The van der Waals surface area contributed by atoms with Gasteiger partial charge in [0.25, 0.3) is 11.8 Å². The quantitative estimate of drug-likeness (QED) is 0.768. The third-order valence-electron chi connectivity index (χ3n) is 4.47. The van der Waals surface area contributed by atoms with Gasteiger partial charge in [-0.15, -0.1) is 0 Å². The molecule has 0 radical (unpaired) electrons. The molecule has 0 spiro atoms. The molecule has 1 aliphatic heterocycles. The highest BCUT2D eigenvalue weighted by Crippen LogP contribution is 2.31. The first-order chi connectivity index (χ1) is 12.4. The topological polar surface area (TPSA) is 29.5 Å². The highest BCUT2D eigenvalue weighted by Gasteiger charge is 2.35. The van der Waals surface area contributed by atoms with E-state index in [9.17, 15) is 13.6 Å². The largest absolute Gasteiger partial charge is 0.490 e. The summed E-state index contributed by atoms with van der Waals surface area (Å²) in [6.07, 6.45) is -0.470. The van der Waals surface area contributed by atoms with E-state index in [1.54, 1.807) is 12.1 Å². The van der Waals surface area contributed by atoms with E-state index >= 15 is 0 Å². The molecule has 26 heavy (non-hydrogen) atoms. The molecule has 138 valence electrons. The molecule has 0 unspecified atom stereocenters. The number of likely N-dealkylation sites (tertiary alicyclic amines) is 1. The smallest absolute Gasteiger partial charge is 0.253 e. The number of hydrogen-bond acceptors (Lipinski definition) is 2. The average molecular weight is 359 g/mol. The summed E-state index contributed by atoms with van der Waals surface area (Å²) >= 11 is 0. The Morgan fingerprint density at radius 1 is 1.04 bits per heavy atom. The molecular weight excluding hydrogens is 336 g/mol. The Balaban J connectivity index is 1.76. The van der Waals surface area contributed by atoms with Gasteiger partial charge in [0.2, 0.25) is 0 Å². The fourth-order valence-corrected chi connectivity index (χ4v) is 3.07. The molecule has 0 aromatic heterocycles. The Morgan fingerprint density at radius 2 is 1.65 bits per heavy atom. The van der Waals surface area contributed by atoms with Gasteiger partial charge in [-0.3, -0.25) is 4.79 Å². The lowest BCUT2D eigenvalue weighted by Crippen LogP contribution is -2.42. The molecule has 1 amide bonds. The van der Waals surface area contributed by atoms with Crippen LogP contribution >= 0.6 is 0 Å². The Kier molecular flexibility index (Phi) is 5.25. The standard InChI is InChI=1S/C21H23F2NO2/c1-15(2)26-19-6-4-3-5-18(19)16-7-9-17(10-8-16)20(25)24-13-11-21(22,23)12-14-24/h3-10,15H,11-14H2,1-2H3. The van der Waals surface area contributed by atoms with Crippen molar-refractivity contribution in [3.05, 3.63) is 54.1 Å². The molecule has 2 aromatic rings. The summed E-state index contributed by atoms with van der Waals surface area (Å²) in [6, 6.07) is 15.0. The molecule has 2 aromatic carbocycles. The van der Waals surface area contributed by atoms with E-state index in [0.717, 1.165) is 16.9 Å². The van der Waals surface area contributed by atoms with Crippen molar-refractivity contribution >= 4 is 5.91 Å². The lowest BCUT2D eigenvalue weighted by molar-refractivity contribution is -0.0494. The third-order valence-corrected chi connectivity index (χ3v) is 4.47. The highest BCUT2D eigenvalue weighted by molar-refractivity contribution is 5.95. The van der Waals surface area contributed by atoms with E-state index < -0.39 is 5.92 Å². The minimum atomic E-state index is -2.65. The van der Waals surface area contributed by atoms with Crippen LogP contribution in [0.1, 0.15) is 37.0 Å². The van der Waals surface area contributed by atoms with Crippen LogP contribution < -0.4 is 4.74 Å². The van der Waals surface area contributed by atoms with Gasteiger partial charge in [-0.05, 0) is 37.6 Å². The molecule has 1 fully saturated rings. The normalized spacial score (nSPS) is 16.6. The van der Waals surface area contributed by atoms with Crippen LogP contribution in [-0.2, 0) is 0 Å². The second-order valence-corrected chi connectivity index (χ2v) is 6.89. The van der Waals surface area contributed by atoms with Crippen molar-refractivity contribution < 1.29 is 18.3 Å². The molecule has 3 nitrogen and oxygen atoms in total. The first-order valence-corrected chi connectivity index (χ1v) is 8.89. The number of piperidine rings is 1. The van der Waals surface area contributed by atoms with Gasteiger partial charge in [-0.1, -0.05) is 30.3 Å². The number of rotatable bonds is 4.